The first-order valence-corrected chi connectivity index (χ1v) is 4.84. The van der Waals surface area contributed by atoms with Crippen LogP contribution in [0.15, 0.2) is 0 Å². The highest BCUT2D eigenvalue weighted by Gasteiger charge is 2.33. The Labute approximate surface area is 74.9 Å². The monoisotopic (exact) mass is 172 g/mol. The lowest BCUT2D eigenvalue weighted by molar-refractivity contribution is -0.103. The topological polar surface area (TPSA) is 29.5 Å². The van der Waals surface area contributed by atoms with Crippen molar-refractivity contribution in [2.45, 2.75) is 51.7 Å². The van der Waals surface area contributed by atoms with E-state index in [4.69, 9.17) is 4.74 Å². The molecule has 1 unspecified atom stereocenters. The molecule has 2 atom stereocenters. The molecule has 1 rings (SSSR count). The zero-order valence-corrected chi connectivity index (χ0v) is 8.34. The van der Waals surface area contributed by atoms with Crippen LogP contribution >= 0.6 is 0 Å². The standard InChI is InChI=1S/C10H20O2/c1-8(11)7-9-5-4-6-12-10(9,2)3/h8-9,11H,4-7H2,1-3H3/t8?,9-/m1/s1. The quantitative estimate of drug-likeness (QED) is 0.690. The summed E-state index contributed by atoms with van der Waals surface area (Å²) in [6.07, 6.45) is 3.00. The molecule has 2 nitrogen and oxygen atoms in total. The third kappa shape index (κ3) is 2.46. The fourth-order valence-corrected chi connectivity index (χ4v) is 1.94. The molecule has 0 aromatic carbocycles. The van der Waals surface area contributed by atoms with Gasteiger partial charge in [-0.25, -0.2) is 0 Å². The molecule has 0 bridgehead atoms. The number of ether oxygens (including phenoxy) is 1. The molecular weight excluding hydrogens is 152 g/mol. The second-order valence-electron chi connectivity index (χ2n) is 4.38. The summed E-state index contributed by atoms with van der Waals surface area (Å²) >= 11 is 0. The SMILES string of the molecule is CC(O)C[C@H]1CCCOC1(C)C. The van der Waals surface area contributed by atoms with E-state index in [0.29, 0.717) is 5.92 Å². The highest BCUT2D eigenvalue weighted by atomic mass is 16.5. The van der Waals surface area contributed by atoms with E-state index >= 15 is 0 Å². The molecule has 1 heterocycles. The predicted molar refractivity (Wildman–Crippen MR) is 49.1 cm³/mol. The number of rotatable bonds is 2. The van der Waals surface area contributed by atoms with E-state index < -0.39 is 0 Å². The van der Waals surface area contributed by atoms with Crippen molar-refractivity contribution in [2.24, 2.45) is 5.92 Å². The lowest BCUT2D eigenvalue weighted by Gasteiger charge is -2.39. The van der Waals surface area contributed by atoms with Crippen LogP contribution in [-0.2, 0) is 4.74 Å². The van der Waals surface area contributed by atoms with Gasteiger partial charge in [-0.2, -0.15) is 0 Å². The van der Waals surface area contributed by atoms with Crippen molar-refractivity contribution < 1.29 is 9.84 Å². The summed E-state index contributed by atoms with van der Waals surface area (Å²) in [5.74, 6) is 0.520. The molecule has 1 aliphatic rings. The van der Waals surface area contributed by atoms with Gasteiger partial charge in [0, 0.05) is 6.61 Å². The fraction of sp³-hybridized carbons (Fsp3) is 1.00. The smallest absolute Gasteiger partial charge is 0.0655 e. The zero-order chi connectivity index (χ0) is 9.19. The Balaban J connectivity index is 2.48. The van der Waals surface area contributed by atoms with Crippen LogP contribution in [0.5, 0.6) is 0 Å². The molecule has 12 heavy (non-hydrogen) atoms. The molecule has 0 radical (unpaired) electrons. The van der Waals surface area contributed by atoms with Gasteiger partial charge in [0.15, 0.2) is 0 Å². The first-order valence-electron chi connectivity index (χ1n) is 4.84. The molecular formula is C10H20O2. The van der Waals surface area contributed by atoms with Crippen molar-refractivity contribution >= 4 is 0 Å². The molecule has 2 heteroatoms. The van der Waals surface area contributed by atoms with Crippen LogP contribution in [0.25, 0.3) is 0 Å². The minimum atomic E-state index is -0.198. The number of hydrogen-bond donors (Lipinski definition) is 1. The Morgan fingerprint density at radius 1 is 1.58 bits per heavy atom. The van der Waals surface area contributed by atoms with Gasteiger partial charge in [0.1, 0.15) is 0 Å². The fourth-order valence-electron chi connectivity index (χ4n) is 1.94. The van der Waals surface area contributed by atoms with Crippen LogP contribution in [0.1, 0.15) is 40.0 Å². The summed E-state index contributed by atoms with van der Waals surface area (Å²) in [5, 5.41) is 9.28. The van der Waals surface area contributed by atoms with Gasteiger partial charge in [-0.3, -0.25) is 0 Å². The van der Waals surface area contributed by atoms with Crippen LogP contribution in [0.2, 0.25) is 0 Å². The van der Waals surface area contributed by atoms with Crippen LogP contribution in [-0.4, -0.2) is 23.4 Å². The van der Waals surface area contributed by atoms with Crippen LogP contribution in [0, 0.1) is 5.92 Å². The maximum Gasteiger partial charge on any atom is 0.0655 e. The summed E-state index contributed by atoms with van der Waals surface area (Å²) in [6, 6.07) is 0. The Morgan fingerprint density at radius 2 is 2.25 bits per heavy atom. The maximum absolute atomic E-state index is 9.28. The third-order valence-electron chi connectivity index (χ3n) is 2.78. The van der Waals surface area contributed by atoms with Gasteiger partial charge in [0.2, 0.25) is 0 Å². The number of aliphatic hydroxyl groups is 1. The normalized spacial score (nSPS) is 31.5. The van der Waals surface area contributed by atoms with Crippen molar-refractivity contribution in [1.29, 1.82) is 0 Å². The number of hydrogen-bond acceptors (Lipinski definition) is 2. The minimum Gasteiger partial charge on any atom is -0.393 e. The Bertz CT molecular complexity index is 141. The first kappa shape index (κ1) is 10.0. The van der Waals surface area contributed by atoms with E-state index in [2.05, 4.69) is 13.8 Å². The summed E-state index contributed by atoms with van der Waals surface area (Å²) in [6.45, 7) is 6.98. The lowest BCUT2D eigenvalue weighted by Crippen LogP contribution is -2.40. The van der Waals surface area contributed by atoms with Crippen molar-refractivity contribution in [3.63, 3.8) is 0 Å². The highest BCUT2D eigenvalue weighted by Crippen LogP contribution is 2.33. The van der Waals surface area contributed by atoms with E-state index in [1.54, 1.807) is 0 Å². The van der Waals surface area contributed by atoms with Gasteiger partial charge in [0.25, 0.3) is 0 Å². The second kappa shape index (κ2) is 3.75. The van der Waals surface area contributed by atoms with Crippen LogP contribution in [0.3, 0.4) is 0 Å². The summed E-state index contributed by atoms with van der Waals surface area (Å²) in [5.41, 5.74) is -0.0325. The predicted octanol–water partition coefficient (Wildman–Crippen LogP) is 1.96. The molecule has 1 saturated heterocycles. The Hall–Kier alpha value is -0.0800. The van der Waals surface area contributed by atoms with Gasteiger partial charge in [-0.05, 0) is 46.0 Å². The summed E-state index contributed by atoms with van der Waals surface area (Å²) in [4.78, 5) is 0. The van der Waals surface area contributed by atoms with E-state index in [0.717, 1.165) is 19.4 Å². The zero-order valence-electron chi connectivity index (χ0n) is 8.34. The molecule has 72 valence electrons. The maximum atomic E-state index is 9.28. The molecule has 0 spiro atoms. The van der Waals surface area contributed by atoms with Gasteiger partial charge in [-0.1, -0.05) is 0 Å². The number of aliphatic hydroxyl groups excluding tert-OH is 1. The van der Waals surface area contributed by atoms with E-state index in [-0.39, 0.29) is 11.7 Å². The highest BCUT2D eigenvalue weighted by molar-refractivity contribution is 4.83. The average molecular weight is 172 g/mol. The summed E-state index contributed by atoms with van der Waals surface area (Å²) < 4.78 is 5.67. The van der Waals surface area contributed by atoms with Crippen LogP contribution in [0.4, 0.5) is 0 Å². The molecule has 0 aromatic rings. The molecule has 0 aromatic heterocycles. The second-order valence-corrected chi connectivity index (χ2v) is 4.38. The van der Waals surface area contributed by atoms with Crippen molar-refractivity contribution in [3.8, 4) is 0 Å². The van der Waals surface area contributed by atoms with E-state index in [1.165, 1.54) is 6.42 Å². The average Bonchev–Trinajstić information content (AvgIpc) is 1.92. The van der Waals surface area contributed by atoms with Gasteiger partial charge in [0.05, 0.1) is 11.7 Å². The van der Waals surface area contributed by atoms with Crippen LogP contribution < -0.4 is 0 Å². The largest absolute Gasteiger partial charge is 0.393 e. The molecule has 1 fully saturated rings. The summed E-state index contributed by atoms with van der Waals surface area (Å²) in [7, 11) is 0. The lowest BCUT2D eigenvalue weighted by atomic mass is 9.81. The first-order chi connectivity index (χ1) is 5.52. The molecule has 1 N–H and O–H groups in total. The van der Waals surface area contributed by atoms with E-state index in [1.807, 2.05) is 6.92 Å². The van der Waals surface area contributed by atoms with Gasteiger partial charge >= 0.3 is 0 Å². The van der Waals surface area contributed by atoms with Gasteiger partial charge in [-0.15, -0.1) is 0 Å². The van der Waals surface area contributed by atoms with Crippen molar-refractivity contribution in [2.75, 3.05) is 6.61 Å². The third-order valence-corrected chi connectivity index (χ3v) is 2.78. The Kier molecular flexibility index (Phi) is 3.13. The molecule has 0 aliphatic carbocycles. The molecule has 0 amide bonds. The van der Waals surface area contributed by atoms with E-state index in [9.17, 15) is 5.11 Å². The van der Waals surface area contributed by atoms with Crippen molar-refractivity contribution in [1.82, 2.24) is 0 Å². The molecule has 1 aliphatic heterocycles. The van der Waals surface area contributed by atoms with Crippen molar-refractivity contribution in [3.05, 3.63) is 0 Å². The Morgan fingerprint density at radius 3 is 2.75 bits per heavy atom. The van der Waals surface area contributed by atoms with Gasteiger partial charge < -0.3 is 9.84 Å². The minimum absolute atomic E-state index is 0.0325. The molecule has 0 saturated carbocycles.